The van der Waals surface area contributed by atoms with Crippen molar-refractivity contribution in [1.29, 1.82) is 0 Å². The highest BCUT2D eigenvalue weighted by atomic mass is 35.5. The van der Waals surface area contributed by atoms with Crippen LogP contribution in [0.4, 0.5) is 0 Å². The number of unbranched alkanes of at least 4 members (excludes halogenated alkanes) is 3. The van der Waals surface area contributed by atoms with E-state index in [9.17, 15) is 4.79 Å². The summed E-state index contributed by atoms with van der Waals surface area (Å²) in [5.41, 5.74) is 0. The Labute approximate surface area is 109 Å². The summed E-state index contributed by atoms with van der Waals surface area (Å²) in [7, 11) is 1.37. The molecule has 0 aromatic carbocycles. The molecule has 0 aromatic heterocycles. The molecule has 0 heterocycles. The fourth-order valence-electron chi connectivity index (χ4n) is 1.23. The van der Waals surface area contributed by atoms with Gasteiger partial charge in [0.15, 0.2) is 0 Å². The second-order valence-corrected chi connectivity index (χ2v) is 4.03. The predicted octanol–water partition coefficient (Wildman–Crippen LogP) is 2.38. The number of methoxy groups -OCH3 is 1. The van der Waals surface area contributed by atoms with E-state index >= 15 is 0 Å². The van der Waals surface area contributed by atoms with Crippen LogP contribution in [0.2, 0.25) is 0 Å². The summed E-state index contributed by atoms with van der Waals surface area (Å²) >= 11 is 5.56. The number of hydrogen-bond acceptors (Lipinski definition) is 4. The number of hydrogen-bond donors (Lipinski definition) is 0. The predicted molar refractivity (Wildman–Crippen MR) is 67.5 cm³/mol. The highest BCUT2D eigenvalue weighted by Crippen LogP contribution is 2.01. The minimum Gasteiger partial charge on any atom is -0.469 e. The van der Waals surface area contributed by atoms with E-state index in [-0.39, 0.29) is 5.97 Å². The number of esters is 1. The van der Waals surface area contributed by atoms with Gasteiger partial charge in [0.1, 0.15) is 0 Å². The highest BCUT2D eigenvalue weighted by molar-refractivity contribution is 6.17. The van der Waals surface area contributed by atoms with Crippen molar-refractivity contribution < 1.29 is 19.0 Å². The lowest BCUT2D eigenvalue weighted by atomic mass is 10.2. The topological polar surface area (TPSA) is 44.8 Å². The number of halogens is 1. The molecule has 0 amide bonds. The van der Waals surface area contributed by atoms with Crippen LogP contribution in [0.15, 0.2) is 0 Å². The monoisotopic (exact) mass is 266 g/mol. The largest absolute Gasteiger partial charge is 0.469 e. The molecule has 5 heteroatoms. The molecule has 0 bridgehead atoms. The van der Waals surface area contributed by atoms with E-state index in [0.717, 1.165) is 31.7 Å². The van der Waals surface area contributed by atoms with Gasteiger partial charge >= 0.3 is 5.97 Å². The fourth-order valence-corrected chi connectivity index (χ4v) is 1.42. The van der Waals surface area contributed by atoms with Crippen LogP contribution in [0.5, 0.6) is 0 Å². The van der Waals surface area contributed by atoms with Gasteiger partial charge in [-0.2, -0.15) is 0 Å². The summed E-state index contributed by atoms with van der Waals surface area (Å²) in [5.74, 6) is 0.500. The molecular formula is C12H23ClO4. The van der Waals surface area contributed by atoms with Gasteiger partial charge in [0.2, 0.25) is 0 Å². The van der Waals surface area contributed by atoms with Gasteiger partial charge in [0, 0.05) is 12.5 Å². The van der Waals surface area contributed by atoms with Crippen LogP contribution in [-0.4, -0.2) is 45.4 Å². The third-order valence-electron chi connectivity index (χ3n) is 2.22. The third kappa shape index (κ3) is 13.6. The Kier molecular flexibility index (Phi) is 13.5. The van der Waals surface area contributed by atoms with Crippen molar-refractivity contribution in [3.05, 3.63) is 0 Å². The Morgan fingerprint density at radius 3 is 2.24 bits per heavy atom. The zero-order valence-corrected chi connectivity index (χ0v) is 11.3. The first-order valence-corrected chi connectivity index (χ1v) is 6.63. The van der Waals surface area contributed by atoms with E-state index in [4.69, 9.17) is 21.1 Å². The average Bonchev–Trinajstić information content (AvgIpc) is 2.35. The minimum absolute atomic E-state index is 0.245. The SMILES string of the molecule is COC(=O)CCOCCOCCCCCCCl. The standard InChI is InChI=1S/C12H23ClO4/c1-15-12(14)6-9-17-11-10-16-8-5-3-2-4-7-13/h2-11H2,1H3. The van der Waals surface area contributed by atoms with Crippen LogP contribution in [0.25, 0.3) is 0 Å². The van der Waals surface area contributed by atoms with Crippen molar-refractivity contribution in [3.63, 3.8) is 0 Å². The van der Waals surface area contributed by atoms with Gasteiger partial charge in [-0.15, -0.1) is 11.6 Å². The molecule has 0 spiro atoms. The molecule has 0 aliphatic carbocycles. The Morgan fingerprint density at radius 1 is 0.941 bits per heavy atom. The number of rotatable bonds is 12. The Hall–Kier alpha value is -0.320. The van der Waals surface area contributed by atoms with Crippen LogP contribution in [0, 0.1) is 0 Å². The van der Waals surface area contributed by atoms with Crippen molar-refractivity contribution in [2.75, 3.05) is 39.4 Å². The molecule has 17 heavy (non-hydrogen) atoms. The van der Waals surface area contributed by atoms with E-state index in [1.165, 1.54) is 13.5 Å². The third-order valence-corrected chi connectivity index (χ3v) is 2.49. The number of carbonyl (C=O) groups is 1. The van der Waals surface area contributed by atoms with E-state index in [1.807, 2.05) is 0 Å². The molecule has 0 radical (unpaired) electrons. The van der Waals surface area contributed by atoms with Crippen LogP contribution < -0.4 is 0 Å². The van der Waals surface area contributed by atoms with Crippen molar-refractivity contribution in [3.8, 4) is 0 Å². The Morgan fingerprint density at radius 2 is 1.59 bits per heavy atom. The molecule has 0 atom stereocenters. The van der Waals surface area contributed by atoms with Gasteiger partial charge in [0.25, 0.3) is 0 Å². The van der Waals surface area contributed by atoms with Gasteiger partial charge < -0.3 is 14.2 Å². The Bertz CT molecular complexity index is 176. The molecule has 4 nitrogen and oxygen atoms in total. The van der Waals surface area contributed by atoms with Crippen LogP contribution >= 0.6 is 11.6 Å². The lowest BCUT2D eigenvalue weighted by Crippen LogP contribution is -2.09. The molecule has 102 valence electrons. The lowest BCUT2D eigenvalue weighted by molar-refractivity contribution is -0.141. The van der Waals surface area contributed by atoms with Gasteiger partial charge in [0.05, 0.1) is 33.4 Å². The van der Waals surface area contributed by atoms with E-state index in [1.54, 1.807) is 0 Å². The van der Waals surface area contributed by atoms with Crippen molar-refractivity contribution in [2.24, 2.45) is 0 Å². The number of alkyl halides is 1. The maximum Gasteiger partial charge on any atom is 0.307 e. The molecule has 0 N–H and O–H groups in total. The highest BCUT2D eigenvalue weighted by Gasteiger charge is 1.98. The van der Waals surface area contributed by atoms with Gasteiger partial charge in [-0.3, -0.25) is 4.79 Å². The summed E-state index contributed by atoms with van der Waals surface area (Å²) in [6.07, 6.45) is 4.78. The molecule has 0 aliphatic rings. The molecular weight excluding hydrogens is 244 g/mol. The first kappa shape index (κ1) is 16.7. The van der Waals surface area contributed by atoms with E-state index in [2.05, 4.69) is 4.74 Å². The molecule has 0 aromatic rings. The summed E-state index contributed by atoms with van der Waals surface area (Å²) in [6, 6.07) is 0. The van der Waals surface area contributed by atoms with E-state index in [0.29, 0.717) is 26.2 Å². The minimum atomic E-state index is -0.245. The summed E-state index contributed by atoms with van der Waals surface area (Å²) < 4.78 is 15.1. The van der Waals surface area contributed by atoms with Gasteiger partial charge in [-0.05, 0) is 12.8 Å². The summed E-state index contributed by atoms with van der Waals surface area (Å²) in [6.45, 7) is 2.27. The Balaban J connectivity index is 2.96. The summed E-state index contributed by atoms with van der Waals surface area (Å²) in [5, 5.41) is 0. The maximum atomic E-state index is 10.7. The van der Waals surface area contributed by atoms with Crippen molar-refractivity contribution in [2.45, 2.75) is 32.1 Å². The van der Waals surface area contributed by atoms with E-state index < -0.39 is 0 Å². The van der Waals surface area contributed by atoms with Crippen molar-refractivity contribution in [1.82, 2.24) is 0 Å². The second kappa shape index (κ2) is 13.7. The fraction of sp³-hybridized carbons (Fsp3) is 0.917. The smallest absolute Gasteiger partial charge is 0.307 e. The molecule has 0 saturated carbocycles. The molecule has 0 saturated heterocycles. The zero-order chi connectivity index (χ0) is 12.8. The van der Waals surface area contributed by atoms with Gasteiger partial charge in [-0.1, -0.05) is 12.8 Å². The molecule has 0 fully saturated rings. The zero-order valence-electron chi connectivity index (χ0n) is 10.6. The van der Waals surface area contributed by atoms with Crippen LogP contribution in [-0.2, 0) is 19.0 Å². The normalized spacial score (nSPS) is 10.5. The molecule has 0 unspecified atom stereocenters. The molecule has 0 rings (SSSR count). The second-order valence-electron chi connectivity index (χ2n) is 3.65. The maximum absolute atomic E-state index is 10.7. The quantitative estimate of drug-likeness (QED) is 0.309. The van der Waals surface area contributed by atoms with Crippen LogP contribution in [0.1, 0.15) is 32.1 Å². The number of ether oxygens (including phenoxy) is 3. The summed E-state index contributed by atoms with van der Waals surface area (Å²) in [4.78, 5) is 10.7. The molecule has 0 aliphatic heterocycles. The van der Waals surface area contributed by atoms with Gasteiger partial charge in [-0.25, -0.2) is 0 Å². The van der Waals surface area contributed by atoms with Crippen molar-refractivity contribution >= 4 is 17.6 Å². The first-order valence-electron chi connectivity index (χ1n) is 6.09. The van der Waals surface area contributed by atoms with Crippen LogP contribution in [0.3, 0.4) is 0 Å². The first-order chi connectivity index (χ1) is 8.31. The average molecular weight is 267 g/mol. The number of carbonyl (C=O) groups excluding carboxylic acids is 1. The lowest BCUT2D eigenvalue weighted by Gasteiger charge is -2.05.